The first-order valence-electron chi connectivity index (χ1n) is 8.23. The van der Waals surface area contributed by atoms with E-state index in [0.717, 1.165) is 16.5 Å². The maximum absolute atomic E-state index is 12.7. The van der Waals surface area contributed by atoms with Crippen LogP contribution in [0, 0.1) is 0 Å². The van der Waals surface area contributed by atoms with Crippen LogP contribution in [-0.2, 0) is 7.05 Å². The average Bonchev–Trinajstić information content (AvgIpc) is 3.28. The number of hydrogen-bond donors (Lipinski definition) is 1. The lowest BCUT2D eigenvalue weighted by Gasteiger charge is -2.10. The molecule has 0 aliphatic rings. The van der Waals surface area contributed by atoms with Crippen molar-refractivity contribution in [1.29, 1.82) is 0 Å². The zero-order valence-corrected chi connectivity index (χ0v) is 14.4. The second kappa shape index (κ2) is 6.44. The Morgan fingerprint density at radius 1 is 1.23 bits per heavy atom. The third kappa shape index (κ3) is 2.83. The smallest absolute Gasteiger partial charge is 0.268 e. The molecule has 0 bridgehead atoms. The second-order valence-corrected chi connectivity index (χ2v) is 6.04. The summed E-state index contributed by atoms with van der Waals surface area (Å²) in [6.45, 7) is 1.81. The Hall–Kier alpha value is -3.48. The maximum atomic E-state index is 12.7. The number of para-hydroxylation sites is 1. The van der Waals surface area contributed by atoms with Gasteiger partial charge in [-0.25, -0.2) is 0 Å². The van der Waals surface area contributed by atoms with Crippen LogP contribution < -0.4 is 5.32 Å². The minimum absolute atomic E-state index is 0.197. The van der Waals surface area contributed by atoms with Crippen molar-refractivity contribution in [2.45, 2.75) is 13.0 Å². The normalized spacial score (nSPS) is 12.2. The summed E-state index contributed by atoms with van der Waals surface area (Å²) in [7, 11) is 1.87. The molecular weight excluding hydrogens is 330 g/mol. The quantitative estimate of drug-likeness (QED) is 0.613. The molecule has 0 saturated heterocycles. The number of hydrogen-bond acceptors (Lipinski definition) is 5. The summed E-state index contributed by atoms with van der Waals surface area (Å²) in [5.74, 6) is 0.590. The van der Waals surface area contributed by atoms with Gasteiger partial charge < -0.3 is 14.4 Å². The van der Waals surface area contributed by atoms with Crippen molar-refractivity contribution in [3.05, 3.63) is 66.4 Å². The van der Waals surface area contributed by atoms with Gasteiger partial charge in [0.2, 0.25) is 11.7 Å². The van der Waals surface area contributed by atoms with Gasteiger partial charge in [-0.2, -0.15) is 4.98 Å². The van der Waals surface area contributed by atoms with Crippen LogP contribution in [0.4, 0.5) is 0 Å². The lowest BCUT2D eigenvalue weighted by Crippen LogP contribution is -2.28. The number of nitrogens with one attached hydrogen (secondary N) is 1. The van der Waals surface area contributed by atoms with Crippen molar-refractivity contribution >= 4 is 16.8 Å². The van der Waals surface area contributed by atoms with E-state index in [-0.39, 0.29) is 5.91 Å². The third-order valence-electron chi connectivity index (χ3n) is 4.26. The Balaban J connectivity index is 1.54. The molecule has 0 fully saturated rings. The van der Waals surface area contributed by atoms with Crippen LogP contribution in [0.1, 0.15) is 29.3 Å². The van der Waals surface area contributed by atoms with Crippen molar-refractivity contribution in [3.63, 3.8) is 0 Å². The number of benzene rings is 1. The number of carbonyl (C=O) groups is 1. The number of aryl methyl sites for hydroxylation is 1. The number of amides is 1. The minimum Gasteiger partial charge on any atom is -0.340 e. The van der Waals surface area contributed by atoms with E-state index in [1.165, 1.54) is 0 Å². The summed E-state index contributed by atoms with van der Waals surface area (Å²) in [5.41, 5.74) is 2.33. The fourth-order valence-corrected chi connectivity index (χ4v) is 2.86. The predicted octanol–water partition coefficient (Wildman–Crippen LogP) is 3.11. The van der Waals surface area contributed by atoms with Gasteiger partial charge >= 0.3 is 0 Å². The lowest BCUT2D eigenvalue weighted by molar-refractivity contribution is 0.0924. The molecular formula is C19H17N5O2. The summed E-state index contributed by atoms with van der Waals surface area (Å²) < 4.78 is 7.16. The minimum atomic E-state index is -0.418. The molecule has 4 aromatic rings. The van der Waals surface area contributed by atoms with Gasteiger partial charge in [-0.15, -0.1) is 0 Å². The zero-order chi connectivity index (χ0) is 18.1. The first-order valence-corrected chi connectivity index (χ1v) is 8.23. The summed E-state index contributed by atoms with van der Waals surface area (Å²) in [5, 5.41) is 7.88. The number of aromatic nitrogens is 4. The highest BCUT2D eigenvalue weighted by Gasteiger charge is 2.20. The van der Waals surface area contributed by atoms with Crippen molar-refractivity contribution in [2.75, 3.05) is 0 Å². The molecule has 0 aliphatic heterocycles. The van der Waals surface area contributed by atoms with Gasteiger partial charge in [0.1, 0.15) is 11.7 Å². The van der Waals surface area contributed by atoms with Gasteiger partial charge in [-0.1, -0.05) is 23.4 Å². The van der Waals surface area contributed by atoms with Crippen LogP contribution in [0.5, 0.6) is 0 Å². The van der Waals surface area contributed by atoms with Crippen LogP contribution in [0.25, 0.3) is 22.3 Å². The molecule has 4 rings (SSSR count). The number of fused-ring (bicyclic) bond motifs is 1. The van der Waals surface area contributed by atoms with Crippen LogP contribution in [-0.4, -0.2) is 25.6 Å². The van der Waals surface area contributed by atoms with Crippen LogP contribution in [0.3, 0.4) is 0 Å². The lowest BCUT2D eigenvalue weighted by atomic mass is 10.2. The molecule has 1 N–H and O–H groups in total. The Bertz CT molecular complexity index is 1070. The van der Waals surface area contributed by atoms with E-state index in [2.05, 4.69) is 20.4 Å². The molecule has 3 heterocycles. The fraction of sp³-hybridized carbons (Fsp3) is 0.158. The van der Waals surface area contributed by atoms with E-state index in [4.69, 9.17) is 4.52 Å². The highest BCUT2D eigenvalue weighted by molar-refractivity contribution is 5.98. The van der Waals surface area contributed by atoms with Gasteiger partial charge in [0, 0.05) is 35.9 Å². The third-order valence-corrected chi connectivity index (χ3v) is 4.26. The van der Waals surface area contributed by atoms with E-state index in [9.17, 15) is 4.79 Å². The maximum Gasteiger partial charge on any atom is 0.268 e. The largest absolute Gasteiger partial charge is 0.340 e. The SMILES string of the molecule is C[C@H](NC(=O)c1cc2ccccc2n1C)c1nc(-c2cccnc2)no1. The summed E-state index contributed by atoms with van der Waals surface area (Å²) in [4.78, 5) is 21.1. The van der Waals surface area contributed by atoms with Gasteiger partial charge in [0.15, 0.2) is 0 Å². The monoisotopic (exact) mass is 347 g/mol. The molecule has 3 aromatic heterocycles. The molecule has 26 heavy (non-hydrogen) atoms. The van der Waals surface area contributed by atoms with Gasteiger partial charge in [0.25, 0.3) is 5.91 Å². The topological polar surface area (TPSA) is 85.8 Å². The van der Waals surface area contributed by atoms with Crippen LogP contribution in [0.2, 0.25) is 0 Å². The number of pyridine rings is 1. The van der Waals surface area contributed by atoms with E-state index in [0.29, 0.717) is 17.4 Å². The van der Waals surface area contributed by atoms with Gasteiger partial charge in [-0.3, -0.25) is 9.78 Å². The highest BCUT2D eigenvalue weighted by Crippen LogP contribution is 2.20. The van der Waals surface area contributed by atoms with Crippen molar-refractivity contribution < 1.29 is 9.32 Å². The van der Waals surface area contributed by atoms with Crippen LogP contribution >= 0.6 is 0 Å². The van der Waals surface area contributed by atoms with E-state index in [1.54, 1.807) is 25.4 Å². The molecule has 0 radical (unpaired) electrons. The van der Waals surface area contributed by atoms with Crippen molar-refractivity contribution in [1.82, 2.24) is 25.0 Å². The molecule has 7 nitrogen and oxygen atoms in total. The van der Waals surface area contributed by atoms with Gasteiger partial charge in [0.05, 0.1) is 0 Å². The summed E-state index contributed by atoms with van der Waals surface area (Å²) in [6, 6.07) is 13.0. The Labute approximate surface area is 149 Å². The Kier molecular flexibility index (Phi) is 3.96. The Morgan fingerprint density at radius 2 is 2.08 bits per heavy atom. The van der Waals surface area contributed by atoms with Gasteiger partial charge in [-0.05, 0) is 31.2 Å². The molecule has 1 amide bonds. The van der Waals surface area contributed by atoms with Crippen molar-refractivity contribution in [2.24, 2.45) is 7.05 Å². The van der Waals surface area contributed by atoms with E-state index < -0.39 is 6.04 Å². The second-order valence-electron chi connectivity index (χ2n) is 6.04. The number of nitrogens with zero attached hydrogens (tertiary/aromatic N) is 4. The molecule has 1 aromatic carbocycles. The van der Waals surface area contributed by atoms with Crippen molar-refractivity contribution in [3.8, 4) is 11.4 Å². The number of rotatable bonds is 4. The molecule has 0 spiro atoms. The van der Waals surface area contributed by atoms with E-state index in [1.807, 2.05) is 48.0 Å². The Morgan fingerprint density at radius 3 is 2.85 bits per heavy atom. The fourth-order valence-electron chi connectivity index (χ4n) is 2.86. The highest BCUT2D eigenvalue weighted by atomic mass is 16.5. The first kappa shape index (κ1) is 16.0. The number of carbonyl (C=O) groups excluding carboxylic acids is 1. The van der Waals surface area contributed by atoms with Crippen LogP contribution in [0.15, 0.2) is 59.4 Å². The molecule has 0 aliphatic carbocycles. The molecule has 7 heteroatoms. The summed E-state index contributed by atoms with van der Waals surface area (Å²) in [6.07, 6.45) is 3.34. The zero-order valence-electron chi connectivity index (χ0n) is 14.4. The molecule has 1 atom stereocenters. The average molecular weight is 347 g/mol. The molecule has 0 unspecified atom stereocenters. The molecule has 0 saturated carbocycles. The predicted molar refractivity (Wildman–Crippen MR) is 96.3 cm³/mol. The summed E-state index contributed by atoms with van der Waals surface area (Å²) >= 11 is 0. The molecule has 130 valence electrons. The standard InChI is InChI=1S/C19H17N5O2/c1-12(19-22-17(23-26-19)14-7-5-9-20-11-14)21-18(25)16-10-13-6-3-4-8-15(13)24(16)2/h3-12H,1-2H3,(H,21,25)/t12-/m0/s1. The van der Waals surface area contributed by atoms with E-state index >= 15 is 0 Å². The first-order chi connectivity index (χ1) is 12.6.